The third-order valence-corrected chi connectivity index (χ3v) is 5.57. The van der Waals surface area contributed by atoms with E-state index in [0.29, 0.717) is 18.3 Å². The summed E-state index contributed by atoms with van der Waals surface area (Å²) in [5.41, 5.74) is 1.01. The molecule has 138 valence electrons. The number of pyridine rings is 1. The molecule has 3 rings (SSSR count). The lowest BCUT2D eigenvalue weighted by Crippen LogP contribution is -2.27. The molecule has 7 nitrogen and oxygen atoms in total. The van der Waals surface area contributed by atoms with Crippen LogP contribution >= 0.6 is 0 Å². The average Bonchev–Trinajstić information content (AvgIpc) is 3.49. The Balaban J connectivity index is 1.67. The van der Waals surface area contributed by atoms with Gasteiger partial charge in [-0.1, -0.05) is 12.1 Å². The molecular formula is C18H21N3O4S. The number of benzene rings is 1. The van der Waals surface area contributed by atoms with Crippen molar-refractivity contribution in [3.63, 3.8) is 0 Å². The van der Waals surface area contributed by atoms with Crippen LogP contribution in [0.1, 0.15) is 28.8 Å². The summed E-state index contributed by atoms with van der Waals surface area (Å²) in [7, 11) is -2.10. The molecule has 0 spiro atoms. The molecule has 2 N–H and O–H groups in total. The van der Waals surface area contributed by atoms with Gasteiger partial charge in [-0.25, -0.2) is 18.1 Å². The first-order chi connectivity index (χ1) is 12.5. The molecule has 1 saturated carbocycles. The predicted octanol–water partition coefficient (Wildman–Crippen LogP) is 1.71. The van der Waals surface area contributed by atoms with Crippen LogP contribution in [0.2, 0.25) is 0 Å². The number of nitrogens with one attached hydrogen (secondary N) is 2. The molecule has 26 heavy (non-hydrogen) atoms. The van der Waals surface area contributed by atoms with Gasteiger partial charge in [-0.15, -0.1) is 0 Å². The normalized spacial score (nSPS) is 14.0. The molecule has 0 saturated heterocycles. The zero-order valence-electron chi connectivity index (χ0n) is 14.4. The summed E-state index contributed by atoms with van der Waals surface area (Å²) in [5.74, 6) is 0.509. The smallest absolute Gasteiger partial charge is 0.251 e. The molecule has 1 aromatic carbocycles. The van der Waals surface area contributed by atoms with Crippen molar-refractivity contribution in [3.8, 4) is 5.88 Å². The van der Waals surface area contributed by atoms with Crippen molar-refractivity contribution in [1.29, 1.82) is 0 Å². The molecule has 1 aliphatic rings. The summed E-state index contributed by atoms with van der Waals surface area (Å²) >= 11 is 0. The number of ether oxygens (including phenoxy) is 1. The fourth-order valence-corrected chi connectivity index (χ4v) is 3.62. The van der Waals surface area contributed by atoms with E-state index in [9.17, 15) is 13.2 Å². The van der Waals surface area contributed by atoms with Crippen LogP contribution in [0.15, 0.2) is 47.5 Å². The molecule has 0 bridgehead atoms. The van der Waals surface area contributed by atoms with Crippen molar-refractivity contribution < 1.29 is 17.9 Å². The van der Waals surface area contributed by atoms with Crippen LogP contribution in [0, 0.1) is 5.92 Å². The second-order valence-electron chi connectivity index (χ2n) is 6.18. The predicted molar refractivity (Wildman–Crippen MR) is 96.3 cm³/mol. The van der Waals surface area contributed by atoms with Crippen molar-refractivity contribution in [3.05, 3.63) is 53.7 Å². The number of methoxy groups -OCH3 is 1. The van der Waals surface area contributed by atoms with E-state index < -0.39 is 10.0 Å². The zero-order valence-corrected chi connectivity index (χ0v) is 15.3. The topological polar surface area (TPSA) is 97.4 Å². The highest BCUT2D eigenvalue weighted by Crippen LogP contribution is 2.28. The Kier molecular flexibility index (Phi) is 5.53. The highest BCUT2D eigenvalue weighted by Gasteiger charge is 2.24. The van der Waals surface area contributed by atoms with Crippen LogP contribution in [0.3, 0.4) is 0 Å². The van der Waals surface area contributed by atoms with Gasteiger partial charge >= 0.3 is 0 Å². The maximum Gasteiger partial charge on any atom is 0.251 e. The maximum atomic E-state index is 12.4. The molecule has 1 aromatic heterocycles. The van der Waals surface area contributed by atoms with E-state index in [2.05, 4.69) is 15.0 Å². The minimum Gasteiger partial charge on any atom is -0.481 e. The highest BCUT2D eigenvalue weighted by molar-refractivity contribution is 7.89. The summed E-state index contributed by atoms with van der Waals surface area (Å²) in [6.07, 6.45) is 3.72. The van der Waals surface area contributed by atoms with Gasteiger partial charge in [0.1, 0.15) is 0 Å². The number of carbonyl (C=O) groups excluding carboxylic acids is 1. The van der Waals surface area contributed by atoms with Crippen molar-refractivity contribution in [2.24, 2.45) is 5.92 Å². The van der Waals surface area contributed by atoms with Gasteiger partial charge in [-0.3, -0.25) is 4.79 Å². The number of sulfonamides is 1. The van der Waals surface area contributed by atoms with Gasteiger partial charge < -0.3 is 10.1 Å². The minimum absolute atomic E-state index is 0.0877. The Morgan fingerprint density at radius 3 is 2.81 bits per heavy atom. The second kappa shape index (κ2) is 7.84. The van der Waals surface area contributed by atoms with Crippen molar-refractivity contribution >= 4 is 15.9 Å². The maximum absolute atomic E-state index is 12.4. The molecule has 1 heterocycles. The standard InChI is InChI=1S/C18H21N3O4S/c1-25-18-15(5-3-9-19-18)12-20-17(22)14-4-2-6-16(10-14)26(23,24)21-11-13-7-8-13/h2-6,9-10,13,21H,7-8,11-12H2,1H3,(H,20,22). The lowest BCUT2D eigenvalue weighted by molar-refractivity contribution is 0.0950. The summed E-state index contributed by atoms with van der Waals surface area (Å²) in [6, 6.07) is 9.56. The molecule has 0 atom stereocenters. The van der Waals surface area contributed by atoms with E-state index >= 15 is 0 Å². The average molecular weight is 375 g/mol. The van der Waals surface area contributed by atoms with Crippen LogP contribution in [-0.4, -0.2) is 33.0 Å². The second-order valence-corrected chi connectivity index (χ2v) is 7.94. The van der Waals surface area contributed by atoms with Crippen LogP contribution in [0.5, 0.6) is 5.88 Å². The number of hydrogen-bond acceptors (Lipinski definition) is 5. The minimum atomic E-state index is -3.61. The Labute approximate surface area is 152 Å². The lowest BCUT2D eigenvalue weighted by Gasteiger charge is -2.10. The van der Waals surface area contributed by atoms with Gasteiger partial charge in [0.15, 0.2) is 0 Å². The Morgan fingerprint density at radius 1 is 1.27 bits per heavy atom. The molecular weight excluding hydrogens is 354 g/mol. The number of hydrogen-bond donors (Lipinski definition) is 2. The molecule has 1 fully saturated rings. The van der Waals surface area contributed by atoms with E-state index in [4.69, 9.17) is 4.74 Å². The number of aromatic nitrogens is 1. The van der Waals surface area contributed by atoms with Gasteiger partial charge in [-0.05, 0) is 43.0 Å². The first-order valence-corrected chi connectivity index (χ1v) is 9.84. The van der Waals surface area contributed by atoms with Gasteiger partial charge in [0.05, 0.1) is 12.0 Å². The van der Waals surface area contributed by atoms with Crippen molar-refractivity contribution in [2.75, 3.05) is 13.7 Å². The quantitative estimate of drug-likeness (QED) is 0.732. The number of nitrogens with zero attached hydrogens (tertiary/aromatic N) is 1. The fourth-order valence-electron chi connectivity index (χ4n) is 2.46. The van der Waals surface area contributed by atoms with Crippen LogP contribution in [0.25, 0.3) is 0 Å². The summed E-state index contributed by atoms with van der Waals surface area (Å²) in [6.45, 7) is 0.673. The Hall–Kier alpha value is -2.45. The largest absolute Gasteiger partial charge is 0.481 e. The summed E-state index contributed by atoms with van der Waals surface area (Å²) in [5, 5.41) is 2.75. The molecule has 0 unspecified atom stereocenters. The molecule has 1 aliphatic carbocycles. The Bertz CT molecular complexity index is 895. The fraction of sp³-hybridized carbons (Fsp3) is 0.333. The van der Waals surface area contributed by atoms with Crippen molar-refractivity contribution in [2.45, 2.75) is 24.3 Å². The monoisotopic (exact) mass is 375 g/mol. The summed E-state index contributed by atoms with van der Waals surface area (Å²) in [4.78, 5) is 16.5. The zero-order chi connectivity index (χ0) is 18.6. The number of rotatable bonds is 8. The number of amides is 1. The molecule has 1 amide bonds. The third kappa shape index (κ3) is 4.59. The van der Waals surface area contributed by atoms with E-state index in [0.717, 1.165) is 18.4 Å². The van der Waals surface area contributed by atoms with Crippen LogP contribution in [-0.2, 0) is 16.6 Å². The SMILES string of the molecule is COc1ncccc1CNC(=O)c1cccc(S(=O)(=O)NCC2CC2)c1. The van der Waals surface area contributed by atoms with E-state index in [1.807, 2.05) is 0 Å². The molecule has 8 heteroatoms. The summed E-state index contributed by atoms with van der Waals surface area (Å²) < 4.78 is 32.4. The lowest BCUT2D eigenvalue weighted by atomic mass is 10.2. The van der Waals surface area contributed by atoms with Crippen LogP contribution in [0.4, 0.5) is 0 Å². The third-order valence-electron chi connectivity index (χ3n) is 4.15. The van der Waals surface area contributed by atoms with Crippen molar-refractivity contribution in [1.82, 2.24) is 15.0 Å². The van der Waals surface area contributed by atoms with Gasteiger partial charge in [0.25, 0.3) is 5.91 Å². The number of carbonyl (C=O) groups is 1. The molecule has 0 aliphatic heterocycles. The van der Waals surface area contributed by atoms with Crippen LogP contribution < -0.4 is 14.8 Å². The Morgan fingerprint density at radius 2 is 2.08 bits per heavy atom. The van der Waals surface area contributed by atoms with E-state index in [1.165, 1.54) is 19.2 Å². The first-order valence-electron chi connectivity index (χ1n) is 8.35. The molecule has 2 aromatic rings. The molecule has 0 radical (unpaired) electrons. The van der Waals surface area contributed by atoms with Gasteiger partial charge in [0.2, 0.25) is 15.9 Å². The first kappa shape index (κ1) is 18.3. The van der Waals surface area contributed by atoms with Gasteiger partial charge in [0, 0.05) is 30.4 Å². The van der Waals surface area contributed by atoms with E-state index in [1.54, 1.807) is 30.5 Å². The van der Waals surface area contributed by atoms with Gasteiger partial charge in [-0.2, -0.15) is 0 Å². The van der Waals surface area contributed by atoms with E-state index in [-0.39, 0.29) is 22.9 Å². The highest BCUT2D eigenvalue weighted by atomic mass is 32.2.